The van der Waals surface area contributed by atoms with Gasteiger partial charge in [-0.3, -0.25) is 0 Å². The van der Waals surface area contributed by atoms with Gasteiger partial charge in [0, 0.05) is 22.5 Å². The fraction of sp³-hybridized carbons (Fsp3) is 0.143. The second kappa shape index (κ2) is 11.2. The minimum atomic E-state index is -0.427. The second-order valence-corrected chi connectivity index (χ2v) is 14.8. The Morgan fingerprint density at radius 1 is 0.360 bits per heavy atom. The van der Waals surface area contributed by atoms with Gasteiger partial charge in [0.2, 0.25) is 0 Å². The lowest BCUT2D eigenvalue weighted by Crippen LogP contribution is -2.28. The fourth-order valence-corrected chi connectivity index (χ4v) is 8.78. The van der Waals surface area contributed by atoms with Crippen LogP contribution >= 0.6 is 0 Å². The Balaban J connectivity index is 1.28. The van der Waals surface area contributed by atoms with Crippen LogP contribution in [0, 0.1) is 20.8 Å². The summed E-state index contributed by atoms with van der Waals surface area (Å²) in [6, 6.07) is 59.5. The highest BCUT2D eigenvalue weighted by molar-refractivity contribution is 5.91. The largest absolute Gasteiger partial charge is 0.310 e. The zero-order valence-electron chi connectivity index (χ0n) is 29.5. The molecule has 7 aromatic carbocycles. The first kappa shape index (κ1) is 30.4. The number of fused-ring (bicyclic) bond motifs is 6. The van der Waals surface area contributed by atoms with E-state index in [4.69, 9.17) is 0 Å². The molecule has 0 radical (unpaired) electrons. The number of rotatable bonds is 5. The van der Waals surface area contributed by atoms with Crippen LogP contribution in [0.5, 0.6) is 0 Å². The van der Waals surface area contributed by atoms with Crippen molar-refractivity contribution < 1.29 is 0 Å². The maximum atomic E-state index is 2.44. The van der Waals surface area contributed by atoms with Crippen LogP contribution < -0.4 is 4.90 Å². The van der Waals surface area contributed by atoms with Gasteiger partial charge in [0.05, 0.1) is 5.41 Å². The average Bonchev–Trinajstić information content (AvgIpc) is 3.56. The molecule has 0 fully saturated rings. The van der Waals surface area contributed by atoms with Gasteiger partial charge in [-0.2, -0.15) is 0 Å². The Morgan fingerprint density at radius 2 is 0.800 bits per heavy atom. The Kier molecular flexibility index (Phi) is 6.80. The third-order valence-corrected chi connectivity index (χ3v) is 11.4. The molecular weight excluding hydrogens is 603 g/mol. The monoisotopic (exact) mass is 643 g/mol. The van der Waals surface area contributed by atoms with Crippen molar-refractivity contribution in [2.24, 2.45) is 0 Å². The summed E-state index contributed by atoms with van der Waals surface area (Å²) in [5, 5.41) is 0. The minimum absolute atomic E-state index is 0.0839. The molecule has 2 aliphatic rings. The van der Waals surface area contributed by atoms with E-state index in [-0.39, 0.29) is 5.41 Å². The first-order valence-electron chi connectivity index (χ1n) is 17.8. The summed E-state index contributed by atoms with van der Waals surface area (Å²) in [6.45, 7) is 11.2. The molecule has 0 aromatic heterocycles. The van der Waals surface area contributed by atoms with Crippen LogP contribution in [-0.2, 0) is 10.8 Å². The highest BCUT2D eigenvalue weighted by Gasteiger charge is 2.46. The normalized spacial score (nSPS) is 14.4. The average molecular weight is 644 g/mol. The van der Waals surface area contributed by atoms with E-state index >= 15 is 0 Å². The SMILES string of the molecule is Cc1ccc(N(c2ccc3c(c2)-c2ccccc2C3(c2ccc(C)cc2)c2ccc(C)cc2)c2ccc3c(c2)C(C)(C)c2ccccc2-3)cc1. The zero-order chi connectivity index (χ0) is 34.2. The second-order valence-electron chi connectivity index (χ2n) is 14.8. The lowest BCUT2D eigenvalue weighted by atomic mass is 9.67. The molecule has 0 unspecified atom stereocenters. The predicted octanol–water partition coefficient (Wildman–Crippen LogP) is 12.8. The smallest absolute Gasteiger partial charge is 0.0713 e. The zero-order valence-corrected chi connectivity index (χ0v) is 29.5. The van der Waals surface area contributed by atoms with Crippen LogP contribution in [-0.4, -0.2) is 0 Å². The lowest BCUT2D eigenvalue weighted by molar-refractivity contribution is 0.660. The van der Waals surface area contributed by atoms with Gasteiger partial charge >= 0.3 is 0 Å². The van der Waals surface area contributed by atoms with E-state index in [1.54, 1.807) is 0 Å². The van der Waals surface area contributed by atoms with E-state index < -0.39 is 5.41 Å². The highest BCUT2D eigenvalue weighted by atomic mass is 15.1. The number of aryl methyl sites for hydroxylation is 3. The van der Waals surface area contributed by atoms with Crippen LogP contribution in [0.15, 0.2) is 158 Å². The van der Waals surface area contributed by atoms with Crippen LogP contribution in [0.2, 0.25) is 0 Å². The molecule has 1 heteroatoms. The van der Waals surface area contributed by atoms with Gasteiger partial charge in [-0.25, -0.2) is 0 Å². The lowest BCUT2D eigenvalue weighted by Gasteiger charge is -2.34. The van der Waals surface area contributed by atoms with E-state index in [1.165, 1.54) is 78.0 Å². The molecule has 0 amide bonds. The molecule has 7 aromatic rings. The molecule has 0 heterocycles. The molecule has 2 aliphatic carbocycles. The first-order valence-corrected chi connectivity index (χ1v) is 17.8. The van der Waals surface area contributed by atoms with Crippen LogP contribution in [0.4, 0.5) is 17.1 Å². The quantitative estimate of drug-likeness (QED) is 0.180. The summed E-state index contributed by atoms with van der Waals surface area (Å²) < 4.78 is 0. The highest BCUT2D eigenvalue weighted by Crippen LogP contribution is 2.57. The molecule has 1 nitrogen and oxygen atoms in total. The first-order chi connectivity index (χ1) is 24.3. The van der Waals surface area contributed by atoms with E-state index in [0.29, 0.717) is 0 Å². The standard InChI is InChI=1S/C49H41N/c1-32-14-20-35(21-15-32)49(36-22-16-33(2)17-23-36)45-13-9-7-11-41(45)43-30-38(27-29-46(43)49)50(37-24-18-34(3)19-25-37)39-26-28-42-40-10-6-8-12-44(40)48(4,5)47(42)31-39/h6-31H,1-5H3. The summed E-state index contributed by atoms with van der Waals surface area (Å²) >= 11 is 0. The number of benzene rings is 7. The van der Waals surface area contributed by atoms with Crippen LogP contribution in [0.25, 0.3) is 22.3 Å². The van der Waals surface area contributed by atoms with Gasteiger partial charge in [-0.05, 0) is 113 Å². The molecule has 50 heavy (non-hydrogen) atoms. The third kappa shape index (κ3) is 4.39. The minimum Gasteiger partial charge on any atom is -0.310 e. The van der Waals surface area contributed by atoms with Gasteiger partial charge in [0.15, 0.2) is 0 Å². The topological polar surface area (TPSA) is 3.24 Å². The summed E-state index contributed by atoms with van der Waals surface area (Å²) in [5.41, 5.74) is 20.0. The molecular formula is C49H41N. The summed E-state index contributed by atoms with van der Waals surface area (Å²) in [4.78, 5) is 2.44. The predicted molar refractivity (Wildman–Crippen MR) is 210 cm³/mol. The van der Waals surface area contributed by atoms with Crippen molar-refractivity contribution in [1.82, 2.24) is 0 Å². The van der Waals surface area contributed by atoms with Crippen LogP contribution in [0.3, 0.4) is 0 Å². The summed E-state index contributed by atoms with van der Waals surface area (Å²) in [5.74, 6) is 0. The Labute approximate surface area is 296 Å². The summed E-state index contributed by atoms with van der Waals surface area (Å²) in [7, 11) is 0. The number of hydrogen-bond acceptors (Lipinski definition) is 1. The fourth-order valence-electron chi connectivity index (χ4n) is 8.78. The number of hydrogen-bond donors (Lipinski definition) is 0. The van der Waals surface area contributed by atoms with E-state index in [9.17, 15) is 0 Å². The van der Waals surface area contributed by atoms with Crippen molar-refractivity contribution in [3.05, 3.63) is 208 Å². The van der Waals surface area contributed by atoms with Crippen molar-refractivity contribution in [2.75, 3.05) is 4.90 Å². The molecule has 0 saturated carbocycles. The Morgan fingerprint density at radius 3 is 1.42 bits per heavy atom. The maximum Gasteiger partial charge on any atom is 0.0713 e. The van der Waals surface area contributed by atoms with Crippen LogP contribution in [0.1, 0.15) is 63.9 Å². The van der Waals surface area contributed by atoms with Gasteiger partial charge in [0.1, 0.15) is 0 Å². The van der Waals surface area contributed by atoms with Crippen molar-refractivity contribution in [3.8, 4) is 22.3 Å². The molecule has 0 atom stereocenters. The number of nitrogens with zero attached hydrogens (tertiary/aromatic N) is 1. The molecule has 9 rings (SSSR count). The van der Waals surface area contributed by atoms with Gasteiger partial charge in [-0.1, -0.05) is 152 Å². The molecule has 0 N–H and O–H groups in total. The van der Waals surface area contributed by atoms with E-state index in [1.807, 2.05) is 0 Å². The summed E-state index contributed by atoms with van der Waals surface area (Å²) in [6.07, 6.45) is 0. The third-order valence-electron chi connectivity index (χ3n) is 11.4. The van der Waals surface area contributed by atoms with E-state index in [2.05, 4.69) is 197 Å². The van der Waals surface area contributed by atoms with E-state index in [0.717, 1.165) is 11.4 Å². The Hall–Kier alpha value is -5.66. The van der Waals surface area contributed by atoms with Gasteiger partial charge < -0.3 is 4.90 Å². The molecule has 0 saturated heterocycles. The Bertz CT molecular complexity index is 2360. The number of anilines is 3. The maximum absolute atomic E-state index is 2.44. The van der Waals surface area contributed by atoms with Crippen molar-refractivity contribution in [1.29, 1.82) is 0 Å². The molecule has 0 aliphatic heterocycles. The van der Waals surface area contributed by atoms with Crippen molar-refractivity contribution in [2.45, 2.75) is 45.4 Å². The van der Waals surface area contributed by atoms with Crippen molar-refractivity contribution >= 4 is 17.1 Å². The van der Waals surface area contributed by atoms with Gasteiger partial charge in [0.25, 0.3) is 0 Å². The molecule has 242 valence electrons. The van der Waals surface area contributed by atoms with Crippen molar-refractivity contribution in [3.63, 3.8) is 0 Å². The molecule has 0 spiro atoms. The molecule has 0 bridgehead atoms. The van der Waals surface area contributed by atoms with Gasteiger partial charge in [-0.15, -0.1) is 0 Å².